The number of unbranched alkanes of at least 4 members (excludes halogenated alkanes) is 11. The van der Waals surface area contributed by atoms with Gasteiger partial charge in [-0.1, -0.05) is 102 Å². The van der Waals surface area contributed by atoms with Crippen molar-refractivity contribution in [2.75, 3.05) is 17.8 Å². The van der Waals surface area contributed by atoms with Crippen molar-refractivity contribution in [3.63, 3.8) is 0 Å². The van der Waals surface area contributed by atoms with Crippen LogP contribution in [0.4, 0.5) is 5.69 Å². The third kappa shape index (κ3) is 13.5. The molecular weight excluding hydrogens is 596 g/mol. The third-order valence-corrected chi connectivity index (χ3v) is 8.10. The molecule has 3 rings (SSSR count). The highest BCUT2D eigenvalue weighted by atomic mass is 79.9. The highest BCUT2D eigenvalue weighted by Crippen LogP contribution is 2.26. The van der Waals surface area contributed by atoms with Crippen LogP contribution in [0.5, 0.6) is 5.75 Å². The number of para-hydroxylation sites is 1. The number of amides is 1. The minimum absolute atomic E-state index is 0. The van der Waals surface area contributed by atoms with E-state index in [2.05, 4.69) is 28.7 Å². The lowest BCUT2D eigenvalue weighted by atomic mass is 10.0. The maximum absolute atomic E-state index is 12.9. The van der Waals surface area contributed by atoms with E-state index in [0.717, 1.165) is 36.5 Å². The van der Waals surface area contributed by atoms with Gasteiger partial charge in [-0.15, -0.1) is 28.7 Å². The molecule has 2 aromatic carbocycles. The average molecular weight is 646 g/mol. The maximum atomic E-state index is 12.9. The number of hydrogen-bond acceptors (Lipinski definition) is 5. The lowest BCUT2D eigenvalue weighted by molar-refractivity contribution is -0.115. The molecule has 41 heavy (non-hydrogen) atoms. The second-order valence-electron chi connectivity index (χ2n) is 10.8. The van der Waals surface area contributed by atoms with Crippen LogP contribution in [0.25, 0.3) is 0 Å². The van der Waals surface area contributed by atoms with Crippen molar-refractivity contribution in [3.8, 4) is 5.75 Å². The first-order chi connectivity index (χ1) is 19.6. The van der Waals surface area contributed by atoms with Gasteiger partial charge in [0.2, 0.25) is 5.91 Å². The zero-order valence-electron chi connectivity index (χ0n) is 25.0. The lowest BCUT2D eigenvalue weighted by Gasteiger charge is -2.16. The Morgan fingerprint density at radius 1 is 0.878 bits per heavy atom. The number of ether oxygens (including phenoxy) is 1. The number of benzene rings is 2. The number of nitrogens with one attached hydrogen (secondary N) is 1. The number of thioether (sulfide) groups is 1. The molecule has 0 aromatic heterocycles. The normalized spacial score (nSPS) is 12.3. The fraction of sp³-hybridized carbons (Fsp3) is 0.529. The molecule has 1 heterocycles. The Labute approximate surface area is 262 Å². The molecule has 0 atom stereocenters. The monoisotopic (exact) mass is 644 g/mol. The number of hydrogen-bond donors (Lipinski definition) is 1. The molecule has 1 aliphatic heterocycles. The van der Waals surface area contributed by atoms with E-state index in [9.17, 15) is 9.59 Å². The predicted molar refractivity (Wildman–Crippen MR) is 179 cm³/mol. The first-order valence-electron chi connectivity index (χ1n) is 15.2. The first-order valence-corrected chi connectivity index (χ1v) is 16.3. The number of rotatable bonds is 20. The summed E-state index contributed by atoms with van der Waals surface area (Å²) in [5.41, 5.74) is 3.26. The van der Waals surface area contributed by atoms with Gasteiger partial charge in [-0.05, 0) is 42.5 Å². The second-order valence-corrected chi connectivity index (χ2v) is 11.7. The quantitative estimate of drug-likeness (QED) is 0.115. The molecule has 0 unspecified atom stereocenters. The molecule has 226 valence electrons. The molecule has 1 aliphatic rings. The van der Waals surface area contributed by atoms with Gasteiger partial charge >= 0.3 is 0 Å². The van der Waals surface area contributed by atoms with Crippen LogP contribution < -0.4 is 10.1 Å². The summed E-state index contributed by atoms with van der Waals surface area (Å²) in [6.45, 7) is 5.23. The Morgan fingerprint density at radius 3 is 2.10 bits per heavy atom. The summed E-state index contributed by atoms with van der Waals surface area (Å²) in [4.78, 5) is 27.4. The molecule has 0 spiro atoms. The average Bonchev–Trinajstić information content (AvgIpc) is 3.46. The Bertz CT molecular complexity index is 1070. The summed E-state index contributed by atoms with van der Waals surface area (Å²) < 4.78 is 6.14. The van der Waals surface area contributed by atoms with E-state index >= 15 is 0 Å². The molecule has 0 radical (unpaired) electrons. The summed E-state index contributed by atoms with van der Waals surface area (Å²) in [7, 11) is 0. The number of nitrogens with zero attached hydrogens (tertiary/aromatic N) is 1. The van der Waals surface area contributed by atoms with Crippen LogP contribution in [-0.2, 0) is 17.8 Å². The molecule has 0 aliphatic carbocycles. The summed E-state index contributed by atoms with van der Waals surface area (Å²) in [6.07, 6.45) is 17.7. The second kappa shape index (κ2) is 20.6. The number of carbonyl (C=O) groups is 2. The van der Waals surface area contributed by atoms with Crippen molar-refractivity contribution < 1.29 is 14.3 Å². The fourth-order valence-electron chi connectivity index (χ4n) is 5.00. The standard InChI is InChI=1S/C34H48N2O3S.BrH/c1-3-4-5-6-7-8-9-10-11-12-13-14-23-39-34-30(16-15-17-32(34)28(2)37)25-33(38)35-31-20-18-29(19-21-31)26-36-22-24-40-27-36;/h15-22,24H,3-14,23,25-27H2,1-2H3,(H,35,38);1H. The highest BCUT2D eigenvalue weighted by Gasteiger charge is 2.16. The Morgan fingerprint density at radius 2 is 1.51 bits per heavy atom. The maximum Gasteiger partial charge on any atom is 0.228 e. The topological polar surface area (TPSA) is 58.6 Å². The molecule has 0 fully saturated rings. The van der Waals surface area contributed by atoms with E-state index in [4.69, 9.17) is 4.74 Å². The van der Waals surface area contributed by atoms with Crippen LogP contribution in [0.1, 0.15) is 112 Å². The molecule has 0 saturated carbocycles. The Kier molecular flexibility index (Phi) is 17.6. The van der Waals surface area contributed by atoms with Gasteiger partial charge in [-0.3, -0.25) is 9.59 Å². The van der Waals surface area contributed by atoms with Crippen molar-refractivity contribution in [1.29, 1.82) is 0 Å². The lowest BCUT2D eigenvalue weighted by Crippen LogP contribution is -2.16. The smallest absolute Gasteiger partial charge is 0.228 e. The number of carbonyl (C=O) groups excluding carboxylic acids is 2. The van der Waals surface area contributed by atoms with Gasteiger partial charge in [0, 0.05) is 24.0 Å². The van der Waals surface area contributed by atoms with E-state index in [-0.39, 0.29) is 35.1 Å². The summed E-state index contributed by atoms with van der Waals surface area (Å²) in [6, 6.07) is 13.5. The summed E-state index contributed by atoms with van der Waals surface area (Å²) in [5.74, 6) is 1.36. The fourth-order valence-corrected chi connectivity index (χ4v) is 5.72. The SMILES string of the molecule is Br.CCCCCCCCCCCCCCOc1c(CC(=O)Nc2ccc(CN3C=CSC3)cc2)cccc1C(C)=O. The van der Waals surface area contributed by atoms with Crippen LogP contribution in [0, 0.1) is 0 Å². The van der Waals surface area contributed by atoms with Gasteiger partial charge in [0.15, 0.2) is 5.78 Å². The summed E-state index contributed by atoms with van der Waals surface area (Å²) >= 11 is 1.79. The molecular formula is C34H49BrN2O3S. The van der Waals surface area contributed by atoms with E-state index in [1.165, 1.54) is 69.8 Å². The minimum atomic E-state index is -0.123. The Hall–Kier alpha value is -2.25. The number of Topliss-reactive ketones (excluding diaryl/α,β-unsaturated/α-hetero) is 1. The predicted octanol–water partition coefficient (Wildman–Crippen LogP) is 9.71. The summed E-state index contributed by atoms with van der Waals surface area (Å²) in [5, 5.41) is 5.10. The molecule has 1 amide bonds. The van der Waals surface area contributed by atoms with Gasteiger partial charge in [0.1, 0.15) is 5.75 Å². The molecule has 0 bridgehead atoms. The van der Waals surface area contributed by atoms with Gasteiger partial charge in [0.05, 0.1) is 24.5 Å². The van der Waals surface area contributed by atoms with E-state index in [0.29, 0.717) is 17.9 Å². The minimum Gasteiger partial charge on any atom is -0.493 e. The van der Waals surface area contributed by atoms with Crippen LogP contribution in [-0.4, -0.2) is 29.1 Å². The molecule has 7 heteroatoms. The van der Waals surface area contributed by atoms with E-state index in [1.807, 2.05) is 36.4 Å². The Balaban J connectivity index is 0.00000588. The van der Waals surface area contributed by atoms with Crippen LogP contribution in [0.15, 0.2) is 54.1 Å². The molecule has 5 nitrogen and oxygen atoms in total. The van der Waals surface area contributed by atoms with Crippen molar-refractivity contribution >= 4 is 46.1 Å². The van der Waals surface area contributed by atoms with Crippen LogP contribution in [0.2, 0.25) is 0 Å². The number of ketones is 1. The molecule has 2 aromatic rings. The van der Waals surface area contributed by atoms with Crippen molar-refractivity contribution in [1.82, 2.24) is 4.90 Å². The zero-order valence-corrected chi connectivity index (χ0v) is 27.5. The zero-order chi connectivity index (χ0) is 28.4. The number of halogens is 1. The van der Waals surface area contributed by atoms with Crippen molar-refractivity contribution in [3.05, 3.63) is 70.8 Å². The first kappa shape index (κ1) is 34.9. The molecule has 1 N–H and O–H groups in total. The van der Waals surface area contributed by atoms with Gasteiger partial charge < -0.3 is 15.0 Å². The largest absolute Gasteiger partial charge is 0.493 e. The van der Waals surface area contributed by atoms with Crippen LogP contribution in [0.3, 0.4) is 0 Å². The van der Waals surface area contributed by atoms with Crippen LogP contribution >= 0.6 is 28.7 Å². The van der Waals surface area contributed by atoms with E-state index < -0.39 is 0 Å². The van der Waals surface area contributed by atoms with E-state index in [1.54, 1.807) is 24.8 Å². The highest BCUT2D eigenvalue weighted by molar-refractivity contribution is 8.93. The van der Waals surface area contributed by atoms with Crippen molar-refractivity contribution in [2.45, 2.75) is 104 Å². The molecule has 0 saturated heterocycles. The van der Waals surface area contributed by atoms with Gasteiger partial charge in [-0.25, -0.2) is 0 Å². The third-order valence-electron chi connectivity index (χ3n) is 7.30. The van der Waals surface area contributed by atoms with Gasteiger partial charge in [0.25, 0.3) is 0 Å². The van der Waals surface area contributed by atoms with Crippen molar-refractivity contribution in [2.24, 2.45) is 0 Å². The number of anilines is 1. The van der Waals surface area contributed by atoms with Gasteiger partial charge in [-0.2, -0.15) is 0 Å².